The molecule has 1 aliphatic carbocycles. The van der Waals surface area contributed by atoms with Crippen molar-refractivity contribution in [3.8, 4) is 0 Å². The van der Waals surface area contributed by atoms with Gasteiger partial charge in [0.05, 0.1) is 20.7 Å². The largest absolute Gasteiger partial charge is 0.263 e. The number of aromatic amines is 1. The standard InChI is InChI=1S/C27H21ClN6S/c28-22-15-29-13-12-21(22)27(18-2-1-3-18)26(20-9-10-24-23(14-20)30-16-35-24)19-7-4-17(5-8-19)6-11-25-31-33-34-32-25/h4-16,18H,1-3H2,(H,31,32,33,34). The van der Waals surface area contributed by atoms with Gasteiger partial charge in [0, 0.05) is 18.0 Å². The molecule has 0 unspecified atom stereocenters. The van der Waals surface area contributed by atoms with Crippen LogP contribution in [-0.4, -0.2) is 30.6 Å². The van der Waals surface area contributed by atoms with Crippen LogP contribution in [0.4, 0.5) is 0 Å². The summed E-state index contributed by atoms with van der Waals surface area (Å²) < 4.78 is 1.18. The summed E-state index contributed by atoms with van der Waals surface area (Å²) in [6, 6.07) is 17.2. The number of aromatic nitrogens is 6. The van der Waals surface area contributed by atoms with Gasteiger partial charge in [-0.25, -0.2) is 4.98 Å². The third-order valence-corrected chi connectivity index (χ3v) is 7.56. The number of hydrogen-bond donors (Lipinski definition) is 1. The summed E-state index contributed by atoms with van der Waals surface area (Å²) in [4.78, 5) is 8.81. The Bertz CT molecular complexity index is 1530. The van der Waals surface area contributed by atoms with Gasteiger partial charge in [-0.1, -0.05) is 54.4 Å². The summed E-state index contributed by atoms with van der Waals surface area (Å²) >= 11 is 8.38. The second-order valence-corrected chi connectivity index (χ2v) is 9.83. The monoisotopic (exact) mass is 496 g/mol. The Morgan fingerprint density at radius 2 is 1.89 bits per heavy atom. The minimum atomic E-state index is 0.453. The molecule has 0 spiro atoms. The molecule has 172 valence electrons. The third kappa shape index (κ3) is 4.40. The van der Waals surface area contributed by atoms with Crippen LogP contribution in [0.2, 0.25) is 5.02 Å². The number of H-pyrrole nitrogens is 1. The summed E-state index contributed by atoms with van der Waals surface area (Å²) in [5, 5.41) is 14.7. The second-order valence-electron chi connectivity index (χ2n) is 8.53. The fraction of sp³-hybridized carbons (Fsp3) is 0.148. The lowest BCUT2D eigenvalue weighted by atomic mass is 9.73. The van der Waals surface area contributed by atoms with Crippen molar-refractivity contribution in [2.45, 2.75) is 19.3 Å². The van der Waals surface area contributed by atoms with Gasteiger partial charge < -0.3 is 0 Å². The summed E-state index contributed by atoms with van der Waals surface area (Å²) in [5.41, 5.74) is 9.80. The normalized spacial score (nSPS) is 14.9. The molecule has 1 N–H and O–H groups in total. The first-order valence-electron chi connectivity index (χ1n) is 11.5. The SMILES string of the molecule is Clc1cnccc1C(=C(c1ccc(C=Cc2nn[nH]n2)cc1)c1ccc2scnc2c1)C1CCC1. The Morgan fingerprint density at radius 1 is 1.03 bits per heavy atom. The average Bonchev–Trinajstić information content (AvgIpc) is 3.54. The van der Waals surface area contributed by atoms with Crippen molar-refractivity contribution in [2.24, 2.45) is 5.92 Å². The smallest absolute Gasteiger partial charge is 0.197 e. The van der Waals surface area contributed by atoms with E-state index in [4.69, 9.17) is 11.6 Å². The van der Waals surface area contributed by atoms with Gasteiger partial charge in [0.15, 0.2) is 5.82 Å². The van der Waals surface area contributed by atoms with Crippen LogP contribution in [0, 0.1) is 5.92 Å². The van der Waals surface area contributed by atoms with E-state index in [1.807, 2.05) is 29.9 Å². The number of fused-ring (bicyclic) bond motifs is 1. The summed E-state index contributed by atoms with van der Waals surface area (Å²) in [6.45, 7) is 0. The van der Waals surface area contributed by atoms with Crippen LogP contribution in [0.15, 0.2) is 66.4 Å². The molecule has 8 heteroatoms. The van der Waals surface area contributed by atoms with Crippen LogP contribution >= 0.6 is 22.9 Å². The Kier molecular flexibility index (Phi) is 5.94. The molecule has 0 saturated heterocycles. The van der Waals surface area contributed by atoms with Crippen LogP contribution < -0.4 is 0 Å². The predicted octanol–water partition coefficient (Wildman–Crippen LogP) is 6.79. The molecule has 2 aromatic carbocycles. The average molecular weight is 497 g/mol. The van der Waals surface area contributed by atoms with Crippen molar-refractivity contribution in [1.29, 1.82) is 0 Å². The van der Waals surface area contributed by atoms with Crippen molar-refractivity contribution in [3.63, 3.8) is 0 Å². The number of benzene rings is 2. The maximum Gasteiger partial charge on any atom is 0.197 e. The van der Waals surface area contributed by atoms with Gasteiger partial charge in [0.25, 0.3) is 0 Å². The molecule has 0 amide bonds. The zero-order chi connectivity index (χ0) is 23.6. The first-order valence-corrected chi connectivity index (χ1v) is 12.7. The van der Waals surface area contributed by atoms with Crippen molar-refractivity contribution < 1.29 is 0 Å². The minimum absolute atomic E-state index is 0.453. The van der Waals surface area contributed by atoms with Crippen molar-refractivity contribution >= 4 is 56.5 Å². The number of thiazole rings is 1. The van der Waals surface area contributed by atoms with E-state index in [1.54, 1.807) is 17.5 Å². The highest BCUT2D eigenvalue weighted by molar-refractivity contribution is 7.16. The number of nitrogens with zero attached hydrogens (tertiary/aromatic N) is 5. The van der Waals surface area contributed by atoms with Crippen LogP contribution in [-0.2, 0) is 0 Å². The zero-order valence-electron chi connectivity index (χ0n) is 18.7. The van der Waals surface area contributed by atoms with E-state index in [9.17, 15) is 0 Å². The lowest BCUT2D eigenvalue weighted by molar-refractivity contribution is 0.401. The number of nitrogens with one attached hydrogen (secondary N) is 1. The number of hydrogen-bond acceptors (Lipinski definition) is 6. The molecule has 3 heterocycles. The second kappa shape index (κ2) is 9.52. The molecule has 0 aliphatic heterocycles. The van der Waals surface area contributed by atoms with Gasteiger partial charge >= 0.3 is 0 Å². The lowest BCUT2D eigenvalue weighted by Crippen LogP contribution is -2.15. The van der Waals surface area contributed by atoms with E-state index >= 15 is 0 Å². The number of halogens is 1. The summed E-state index contributed by atoms with van der Waals surface area (Å²) in [6.07, 6.45) is 10.9. The fourth-order valence-electron chi connectivity index (χ4n) is 4.51. The predicted molar refractivity (Wildman–Crippen MR) is 142 cm³/mol. The van der Waals surface area contributed by atoms with E-state index in [1.165, 1.54) is 22.3 Å². The van der Waals surface area contributed by atoms with Gasteiger partial charge in [0.2, 0.25) is 0 Å². The van der Waals surface area contributed by atoms with Crippen molar-refractivity contribution in [2.75, 3.05) is 0 Å². The topological polar surface area (TPSA) is 80.2 Å². The van der Waals surface area contributed by atoms with E-state index in [-0.39, 0.29) is 0 Å². The van der Waals surface area contributed by atoms with Crippen molar-refractivity contribution in [1.82, 2.24) is 30.6 Å². The van der Waals surface area contributed by atoms with Gasteiger partial charge in [-0.05, 0) is 76.1 Å². The Labute approximate surface area is 211 Å². The quantitative estimate of drug-likeness (QED) is 0.280. The highest BCUT2D eigenvalue weighted by Gasteiger charge is 2.28. The summed E-state index contributed by atoms with van der Waals surface area (Å²) in [7, 11) is 0. The molecule has 3 aromatic heterocycles. The molecule has 1 saturated carbocycles. The van der Waals surface area contributed by atoms with E-state index in [0.29, 0.717) is 16.8 Å². The molecule has 1 fully saturated rings. The maximum atomic E-state index is 6.72. The van der Waals surface area contributed by atoms with Gasteiger partial charge in [-0.2, -0.15) is 5.21 Å². The summed E-state index contributed by atoms with van der Waals surface area (Å²) in [5.74, 6) is 1.000. The van der Waals surface area contributed by atoms with Crippen LogP contribution in [0.25, 0.3) is 33.5 Å². The Hall–Kier alpha value is -3.68. The molecule has 5 aromatic rings. The Balaban J connectivity index is 1.52. The highest BCUT2D eigenvalue weighted by atomic mass is 35.5. The molecule has 0 bridgehead atoms. The fourth-order valence-corrected chi connectivity index (χ4v) is 5.39. The Morgan fingerprint density at radius 3 is 2.63 bits per heavy atom. The first kappa shape index (κ1) is 21.8. The minimum Gasteiger partial charge on any atom is -0.263 e. The molecule has 35 heavy (non-hydrogen) atoms. The molecular formula is C27H21ClN6S. The molecular weight excluding hydrogens is 476 g/mol. The highest BCUT2D eigenvalue weighted by Crippen LogP contribution is 2.46. The third-order valence-electron chi connectivity index (χ3n) is 6.45. The van der Waals surface area contributed by atoms with Gasteiger partial charge in [-0.3, -0.25) is 4.98 Å². The van der Waals surface area contributed by atoms with Crippen molar-refractivity contribution in [3.05, 3.63) is 99.5 Å². The molecule has 1 aliphatic rings. The van der Waals surface area contributed by atoms with Crippen LogP contribution in [0.3, 0.4) is 0 Å². The van der Waals surface area contributed by atoms with E-state index in [2.05, 4.69) is 73.1 Å². The molecule has 0 atom stereocenters. The molecule has 6 nitrogen and oxygen atoms in total. The molecule has 6 rings (SSSR count). The lowest BCUT2D eigenvalue weighted by Gasteiger charge is -2.32. The number of tetrazole rings is 1. The van der Waals surface area contributed by atoms with Crippen LogP contribution in [0.1, 0.15) is 47.3 Å². The number of rotatable bonds is 6. The first-order chi connectivity index (χ1) is 17.3. The van der Waals surface area contributed by atoms with Crippen LogP contribution in [0.5, 0.6) is 0 Å². The number of pyridine rings is 1. The maximum absolute atomic E-state index is 6.72. The van der Waals surface area contributed by atoms with E-state index < -0.39 is 0 Å². The van der Waals surface area contributed by atoms with Gasteiger partial charge in [-0.15, -0.1) is 21.5 Å². The van der Waals surface area contributed by atoms with Gasteiger partial charge in [0.1, 0.15) is 0 Å². The molecule has 0 radical (unpaired) electrons. The van der Waals surface area contributed by atoms with E-state index in [0.717, 1.165) is 40.6 Å². The zero-order valence-corrected chi connectivity index (χ0v) is 20.3. The number of allylic oxidation sites excluding steroid dienone is 1.